The van der Waals surface area contributed by atoms with Gasteiger partial charge in [0.2, 0.25) is 0 Å². The third-order valence-corrected chi connectivity index (χ3v) is 5.17. The molecule has 2 aliphatic rings. The molecular weight excluding hydrogens is 336 g/mol. The number of carbonyl (C=O) groups excluding carboxylic acids is 1. The van der Waals surface area contributed by atoms with Gasteiger partial charge in [0.05, 0.1) is 30.1 Å². The van der Waals surface area contributed by atoms with E-state index in [4.69, 9.17) is 9.26 Å². The van der Waals surface area contributed by atoms with Gasteiger partial charge in [0.15, 0.2) is 5.69 Å². The number of ether oxygens (including phenoxy) is 1. The summed E-state index contributed by atoms with van der Waals surface area (Å²) in [5, 5.41) is 18.9. The minimum Gasteiger partial charge on any atom is -0.386 e. The van der Waals surface area contributed by atoms with Gasteiger partial charge < -0.3 is 19.3 Å². The van der Waals surface area contributed by atoms with Gasteiger partial charge in [0.1, 0.15) is 11.9 Å². The van der Waals surface area contributed by atoms with E-state index in [1.165, 1.54) is 0 Å². The van der Waals surface area contributed by atoms with Gasteiger partial charge >= 0.3 is 0 Å². The first-order valence-electron chi connectivity index (χ1n) is 9.06. The molecule has 140 valence electrons. The zero-order chi connectivity index (χ0) is 18.3. The molecule has 0 saturated heterocycles. The molecular formula is C18H24N4O4. The van der Waals surface area contributed by atoms with Crippen molar-refractivity contribution in [2.45, 2.75) is 52.0 Å². The van der Waals surface area contributed by atoms with Crippen molar-refractivity contribution >= 4 is 5.91 Å². The summed E-state index contributed by atoms with van der Waals surface area (Å²) in [7, 11) is 1.58. The number of aromatic nitrogens is 3. The summed E-state index contributed by atoms with van der Waals surface area (Å²) >= 11 is 0. The van der Waals surface area contributed by atoms with E-state index in [0.717, 1.165) is 31.5 Å². The highest BCUT2D eigenvalue weighted by atomic mass is 16.5. The summed E-state index contributed by atoms with van der Waals surface area (Å²) < 4.78 is 12.3. The third-order valence-electron chi connectivity index (χ3n) is 5.17. The topological polar surface area (TPSA) is 93.6 Å². The largest absolute Gasteiger partial charge is 0.386 e. The summed E-state index contributed by atoms with van der Waals surface area (Å²) in [5.41, 5.74) is 2.67. The van der Waals surface area contributed by atoms with Crippen LogP contribution in [-0.4, -0.2) is 44.5 Å². The lowest BCUT2D eigenvalue weighted by Gasteiger charge is -2.19. The Balaban J connectivity index is 1.56. The van der Waals surface area contributed by atoms with Crippen LogP contribution in [0.1, 0.15) is 58.6 Å². The van der Waals surface area contributed by atoms with Crippen LogP contribution in [0.25, 0.3) is 0 Å². The number of rotatable bonds is 5. The van der Waals surface area contributed by atoms with E-state index < -0.39 is 6.10 Å². The highest BCUT2D eigenvalue weighted by Gasteiger charge is 2.34. The SMILES string of the molecule is COCc1c(C(=O)N2CCCn3nc([C@@H](O)C4CC4)cc3C2)noc1C. The van der Waals surface area contributed by atoms with Crippen molar-refractivity contribution < 1.29 is 19.2 Å². The van der Waals surface area contributed by atoms with Crippen LogP contribution in [0.3, 0.4) is 0 Å². The van der Waals surface area contributed by atoms with Crippen molar-refractivity contribution in [2.24, 2.45) is 5.92 Å². The lowest BCUT2D eigenvalue weighted by molar-refractivity contribution is 0.0731. The summed E-state index contributed by atoms with van der Waals surface area (Å²) in [4.78, 5) is 14.8. The van der Waals surface area contributed by atoms with E-state index >= 15 is 0 Å². The molecule has 2 aromatic rings. The van der Waals surface area contributed by atoms with Crippen LogP contribution in [0.2, 0.25) is 0 Å². The van der Waals surface area contributed by atoms with E-state index in [1.807, 2.05) is 10.7 Å². The van der Waals surface area contributed by atoms with E-state index in [-0.39, 0.29) is 5.91 Å². The van der Waals surface area contributed by atoms with Gasteiger partial charge in [-0.2, -0.15) is 5.10 Å². The first kappa shape index (κ1) is 17.2. The number of fused-ring (bicyclic) bond motifs is 1. The van der Waals surface area contributed by atoms with Gasteiger partial charge in [-0.15, -0.1) is 0 Å². The number of hydrogen-bond donors (Lipinski definition) is 1. The van der Waals surface area contributed by atoms with Crippen LogP contribution >= 0.6 is 0 Å². The highest BCUT2D eigenvalue weighted by Crippen LogP contribution is 2.40. The summed E-state index contributed by atoms with van der Waals surface area (Å²) in [6.07, 6.45) is 2.42. The number of aryl methyl sites for hydroxylation is 2. The molecule has 0 bridgehead atoms. The average molecular weight is 360 g/mol. The molecule has 1 amide bonds. The van der Waals surface area contributed by atoms with Crippen LogP contribution in [0, 0.1) is 12.8 Å². The van der Waals surface area contributed by atoms with Gasteiger partial charge in [-0.25, -0.2) is 0 Å². The Bertz CT molecular complexity index is 808. The summed E-state index contributed by atoms with van der Waals surface area (Å²) in [6, 6.07) is 1.93. The van der Waals surface area contributed by atoms with Crippen LogP contribution in [0.5, 0.6) is 0 Å². The predicted molar refractivity (Wildman–Crippen MR) is 91.2 cm³/mol. The number of amides is 1. The Morgan fingerprint density at radius 3 is 3.00 bits per heavy atom. The van der Waals surface area contributed by atoms with E-state index in [2.05, 4.69) is 10.3 Å². The van der Waals surface area contributed by atoms with Crippen LogP contribution in [0.4, 0.5) is 0 Å². The van der Waals surface area contributed by atoms with Crippen molar-refractivity contribution in [1.29, 1.82) is 0 Å². The Labute approximate surface area is 151 Å². The first-order valence-corrected chi connectivity index (χ1v) is 9.06. The fourth-order valence-electron chi connectivity index (χ4n) is 3.48. The molecule has 3 heterocycles. The molecule has 1 saturated carbocycles. The molecule has 1 aliphatic carbocycles. The number of nitrogens with zero attached hydrogens (tertiary/aromatic N) is 4. The molecule has 0 unspecified atom stereocenters. The molecule has 1 N–H and O–H groups in total. The number of methoxy groups -OCH3 is 1. The van der Waals surface area contributed by atoms with Crippen molar-refractivity contribution in [3.05, 3.63) is 34.5 Å². The maximum absolute atomic E-state index is 13.0. The second kappa shape index (κ2) is 6.85. The average Bonchev–Trinajstić information content (AvgIpc) is 3.36. The molecule has 0 radical (unpaired) electrons. The monoisotopic (exact) mass is 360 g/mol. The fraction of sp³-hybridized carbons (Fsp3) is 0.611. The second-order valence-corrected chi connectivity index (χ2v) is 7.15. The molecule has 26 heavy (non-hydrogen) atoms. The number of aliphatic hydroxyl groups is 1. The summed E-state index contributed by atoms with van der Waals surface area (Å²) in [6.45, 7) is 3.88. The minimum absolute atomic E-state index is 0.159. The standard InChI is InChI=1S/C18H24N4O4/c1-11-14(10-25-2)16(20-26-11)18(24)21-6-3-7-22-13(9-21)8-15(19-22)17(23)12-4-5-12/h8,12,17,23H,3-7,9-10H2,1-2H3/t17-/m0/s1. The summed E-state index contributed by atoms with van der Waals surface area (Å²) in [5.74, 6) is 0.777. The molecule has 0 spiro atoms. The van der Waals surface area contributed by atoms with Crippen LogP contribution in [-0.2, 0) is 24.4 Å². The third kappa shape index (κ3) is 3.14. The van der Waals surface area contributed by atoms with Gasteiger partial charge in [-0.1, -0.05) is 5.16 Å². The Kier molecular flexibility index (Phi) is 4.54. The molecule has 1 atom stereocenters. The molecule has 8 nitrogen and oxygen atoms in total. The van der Waals surface area contributed by atoms with E-state index in [9.17, 15) is 9.90 Å². The lowest BCUT2D eigenvalue weighted by Crippen LogP contribution is -2.31. The molecule has 2 aromatic heterocycles. The molecule has 0 aromatic carbocycles. The quantitative estimate of drug-likeness (QED) is 0.874. The van der Waals surface area contributed by atoms with Gasteiger partial charge in [-0.05, 0) is 38.2 Å². The predicted octanol–water partition coefficient (Wildman–Crippen LogP) is 1.82. The first-order chi connectivity index (χ1) is 12.6. The van der Waals surface area contributed by atoms with Gasteiger partial charge in [-0.3, -0.25) is 9.48 Å². The molecule has 1 aliphatic heterocycles. The maximum Gasteiger partial charge on any atom is 0.276 e. The maximum atomic E-state index is 13.0. The number of hydrogen-bond acceptors (Lipinski definition) is 6. The number of carbonyl (C=O) groups is 1. The molecule has 1 fully saturated rings. The smallest absolute Gasteiger partial charge is 0.276 e. The van der Waals surface area contributed by atoms with Crippen molar-refractivity contribution in [3.63, 3.8) is 0 Å². The molecule has 8 heteroatoms. The normalized spacial score (nSPS) is 18.5. The van der Waals surface area contributed by atoms with Crippen molar-refractivity contribution in [2.75, 3.05) is 13.7 Å². The van der Waals surface area contributed by atoms with Crippen LogP contribution < -0.4 is 0 Å². The minimum atomic E-state index is -0.495. The highest BCUT2D eigenvalue weighted by molar-refractivity contribution is 5.93. The Morgan fingerprint density at radius 1 is 1.46 bits per heavy atom. The zero-order valence-corrected chi connectivity index (χ0v) is 15.1. The van der Waals surface area contributed by atoms with Crippen LogP contribution in [0.15, 0.2) is 10.6 Å². The number of aliphatic hydroxyl groups excluding tert-OH is 1. The Morgan fingerprint density at radius 2 is 2.27 bits per heavy atom. The molecule has 4 rings (SSSR count). The van der Waals surface area contributed by atoms with E-state index in [0.29, 0.717) is 48.3 Å². The lowest BCUT2D eigenvalue weighted by atomic mass is 10.1. The second-order valence-electron chi connectivity index (χ2n) is 7.15. The van der Waals surface area contributed by atoms with Crippen molar-refractivity contribution in [3.8, 4) is 0 Å². The fourth-order valence-corrected chi connectivity index (χ4v) is 3.48. The zero-order valence-electron chi connectivity index (χ0n) is 15.1. The van der Waals surface area contributed by atoms with Gasteiger partial charge in [0.25, 0.3) is 5.91 Å². The Hall–Kier alpha value is -2.19. The van der Waals surface area contributed by atoms with E-state index in [1.54, 1.807) is 18.9 Å². The van der Waals surface area contributed by atoms with Gasteiger partial charge in [0, 0.05) is 20.2 Å². The van der Waals surface area contributed by atoms with Crippen molar-refractivity contribution in [1.82, 2.24) is 19.8 Å².